The lowest BCUT2D eigenvalue weighted by molar-refractivity contribution is -0.0188. The molecule has 0 saturated carbocycles. The maximum Gasteiger partial charge on any atom is 0.255 e. The SMILES string of the molecule is CC(C)(C)C1CCN(C(=O)c2ccc(N3CCCCCC3)nc2)CC1O. The van der Waals surface area contributed by atoms with Gasteiger partial charge in [0, 0.05) is 32.4 Å². The third kappa shape index (κ3) is 4.37. The van der Waals surface area contributed by atoms with E-state index in [-0.39, 0.29) is 17.2 Å². The molecule has 0 aromatic carbocycles. The third-order valence-corrected chi connectivity index (χ3v) is 5.91. The van der Waals surface area contributed by atoms with Crippen LogP contribution < -0.4 is 4.90 Å². The summed E-state index contributed by atoms with van der Waals surface area (Å²) in [5.41, 5.74) is 0.676. The second-order valence-corrected chi connectivity index (χ2v) is 8.89. The number of rotatable bonds is 2. The summed E-state index contributed by atoms with van der Waals surface area (Å²) in [4.78, 5) is 21.4. The Morgan fingerprint density at radius 3 is 2.35 bits per heavy atom. The van der Waals surface area contributed by atoms with Gasteiger partial charge in [-0.05, 0) is 42.7 Å². The fourth-order valence-electron chi connectivity index (χ4n) is 4.31. The molecule has 2 atom stereocenters. The van der Waals surface area contributed by atoms with Crippen molar-refractivity contribution in [3.63, 3.8) is 0 Å². The lowest BCUT2D eigenvalue weighted by Gasteiger charge is -2.42. The number of aromatic nitrogens is 1. The highest BCUT2D eigenvalue weighted by Gasteiger charge is 2.37. The number of aliphatic hydroxyl groups is 1. The fourth-order valence-corrected chi connectivity index (χ4v) is 4.31. The second kappa shape index (κ2) is 7.95. The molecule has 2 fully saturated rings. The summed E-state index contributed by atoms with van der Waals surface area (Å²) in [7, 11) is 0. The highest BCUT2D eigenvalue weighted by atomic mass is 16.3. The molecular formula is C21H33N3O2. The van der Waals surface area contributed by atoms with Crippen molar-refractivity contribution in [2.45, 2.75) is 59.0 Å². The first-order chi connectivity index (χ1) is 12.4. The molecule has 2 aliphatic rings. The molecule has 0 radical (unpaired) electrons. The number of hydrogen-bond acceptors (Lipinski definition) is 4. The summed E-state index contributed by atoms with van der Waals surface area (Å²) in [6.07, 6.45) is 7.09. The van der Waals surface area contributed by atoms with Gasteiger partial charge >= 0.3 is 0 Å². The molecule has 0 aliphatic carbocycles. The van der Waals surface area contributed by atoms with Gasteiger partial charge in [0.1, 0.15) is 5.82 Å². The first-order valence-corrected chi connectivity index (χ1v) is 10.0. The zero-order chi connectivity index (χ0) is 18.7. The van der Waals surface area contributed by atoms with E-state index in [1.54, 1.807) is 11.1 Å². The molecule has 144 valence electrons. The molecule has 3 heterocycles. The zero-order valence-corrected chi connectivity index (χ0v) is 16.4. The lowest BCUT2D eigenvalue weighted by Crippen LogP contribution is -2.50. The second-order valence-electron chi connectivity index (χ2n) is 8.89. The summed E-state index contributed by atoms with van der Waals surface area (Å²) in [5, 5.41) is 10.5. The molecule has 0 spiro atoms. The third-order valence-electron chi connectivity index (χ3n) is 5.91. The Balaban J connectivity index is 1.63. The monoisotopic (exact) mass is 359 g/mol. The van der Waals surface area contributed by atoms with Crippen molar-refractivity contribution in [1.29, 1.82) is 0 Å². The number of β-amino-alcohol motifs (C(OH)–C–C–N with tert-alkyl or cyclic N) is 1. The van der Waals surface area contributed by atoms with E-state index in [1.807, 2.05) is 12.1 Å². The van der Waals surface area contributed by atoms with Crippen LogP contribution in [0.2, 0.25) is 0 Å². The summed E-state index contributed by atoms with van der Waals surface area (Å²) in [6.45, 7) is 9.68. The van der Waals surface area contributed by atoms with Crippen molar-refractivity contribution >= 4 is 11.7 Å². The van der Waals surface area contributed by atoms with Crippen LogP contribution >= 0.6 is 0 Å². The summed E-state index contributed by atoms with van der Waals surface area (Å²) >= 11 is 0. The van der Waals surface area contributed by atoms with Crippen LogP contribution in [-0.4, -0.2) is 53.2 Å². The Kier molecular flexibility index (Phi) is 5.86. The summed E-state index contributed by atoms with van der Waals surface area (Å²) < 4.78 is 0. The Morgan fingerprint density at radius 1 is 1.12 bits per heavy atom. The molecule has 2 aliphatic heterocycles. The van der Waals surface area contributed by atoms with E-state index in [9.17, 15) is 9.90 Å². The average molecular weight is 360 g/mol. The highest BCUT2D eigenvalue weighted by Crippen LogP contribution is 2.35. The van der Waals surface area contributed by atoms with Gasteiger partial charge in [0.25, 0.3) is 5.91 Å². The lowest BCUT2D eigenvalue weighted by atomic mass is 9.73. The van der Waals surface area contributed by atoms with Gasteiger partial charge in [-0.2, -0.15) is 0 Å². The first-order valence-electron chi connectivity index (χ1n) is 10.0. The molecule has 5 heteroatoms. The van der Waals surface area contributed by atoms with Crippen molar-refractivity contribution in [1.82, 2.24) is 9.88 Å². The van der Waals surface area contributed by atoms with Gasteiger partial charge in [-0.1, -0.05) is 33.6 Å². The Bertz CT molecular complexity index is 601. The normalized spacial score (nSPS) is 25.1. The highest BCUT2D eigenvalue weighted by molar-refractivity contribution is 5.94. The predicted octanol–water partition coefficient (Wildman–Crippen LogP) is 3.33. The van der Waals surface area contributed by atoms with E-state index in [2.05, 4.69) is 30.7 Å². The Labute approximate surface area is 157 Å². The number of nitrogens with zero attached hydrogens (tertiary/aromatic N) is 3. The van der Waals surface area contributed by atoms with Gasteiger partial charge in [0.2, 0.25) is 0 Å². The van der Waals surface area contributed by atoms with Gasteiger partial charge < -0.3 is 14.9 Å². The van der Waals surface area contributed by atoms with Crippen LogP contribution in [0.5, 0.6) is 0 Å². The van der Waals surface area contributed by atoms with Gasteiger partial charge in [0.15, 0.2) is 0 Å². The van der Waals surface area contributed by atoms with Gasteiger partial charge in [0.05, 0.1) is 11.7 Å². The van der Waals surface area contributed by atoms with E-state index >= 15 is 0 Å². The maximum atomic E-state index is 12.8. The number of pyridine rings is 1. The van der Waals surface area contributed by atoms with E-state index in [1.165, 1.54) is 25.7 Å². The molecule has 26 heavy (non-hydrogen) atoms. The molecule has 5 nitrogen and oxygen atoms in total. The molecule has 1 amide bonds. The Morgan fingerprint density at radius 2 is 1.81 bits per heavy atom. The van der Waals surface area contributed by atoms with Crippen molar-refractivity contribution in [3.05, 3.63) is 23.9 Å². The van der Waals surface area contributed by atoms with Crippen molar-refractivity contribution in [3.8, 4) is 0 Å². The molecule has 1 N–H and O–H groups in total. The van der Waals surface area contributed by atoms with Crippen LogP contribution in [0.1, 0.15) is 63.2 Å². The first kappa shape index (κ1) is 19.2. The number of carbonyl (C=O) groups is 1. The molecule has 2 unspecified atom stereocenters. The van der Waals surface area contributed by atoms with E-state index in [0.717, 1.165) is 25.3 Å². The molecule has 0 bridgehead atoms. The molecule has 1 aromatic rings. The smallest absolute Gasteiger partial charge is 0.255 e. The topological polar surface area (TPSA) is 56.7 Å². The van der Waals surface area contributed by atoms with Gasteiger partial charge in [-0.15, -0.1) is 0 Å². The van der Waals surface area contributed by atoms with Crippen LogP contribution in [0.15, 0.2) is 18.3 Å². The number of likely N-dealkylation sites (tertiary alicyclic amines) is 1. The number of amides is 1. The fraction of sp³-hybridized carbons (Fsp3) is 0.714. The molecule has 3 rings (SSSR count). The largest absolute Gasteiger partial charge is 0.391 e. The Hall–Kier alpha value is -1.62. The number of carbonyl (C=O) groups excluding carboxylic acids is 1. The van der Waals surface area contributed by atoms with Crippen LogP contribution in [0.25, 0.3) is 0 Å². The van der Waals surface area contributed by atoms with Crippen LogP contribution in [-0.2, 0) is 0 Å². The van der Waals surface area contributed by atoms with E-state index in [0.29, 0.717) is 18.7 Å². The molecule has 2 saturated heterocycles. The van der Waals surface area contributed by atoms with E-state index < -0.39 is 6.10 Å². The van der Waals surface area contributed by atoms with Crippen LogP contribution in [0.3, 0.4) is 0 Å². The molecule has 1 aromatic heterocycles. The summed E-state index contributed by atoms with van der Waals surface area (Å²) in [6, 6.07) is 3.86. The minimum absolute atomic E-state index is 0.0219. The number of anilines is 1. The average Bonchev–Trinajstić information content (AvgIpc) is 2.89. The number of piperidine rings is 1. The van der Waals surface area contributed by atoms with E-state index in [4.69, 9.17) is 0 Å². The maximum absolute atomic E-state index is 12.8. The van der Waals surface area contributed by atoms with Crippen molar-refractivity contribution in [2.24, 2.45) is 11.3 Å². The summed E-state index contributed by atoms with van der Waals surface area (Å²) in [5.74, 6) is 1.18. The van der Waals surface area contributed by atoms with Crippen LogP contribution in [0, 0.1) is 11.3 Å². The number of hydrogen-bond donors (Lipinski definition) is 1. The van der Waals surface area contributed by atoms with Crippen molar-refractivity contribution in [2.75, 3.05) is 31.1 Å². The van der Waals surface area contributed by atoms with Crippen molar-refractivity contribution < 1.29 is 9.90 Å². The van der Waals surface area contributed by atoms with Crippen LogP contribution in [0.4, 0.5) is 5.82 Å². The predicted molar refractivity (Wildman–Crippen MR) is 104 cm³/mol. The molecular weight excluding hydrogens is 326 g/mol. The number of aliphatic hydroxyl groups excluding tert-OH is 1. The quantitative estimate of drug-likeness (QED) is 0.880. The minimum atomic E-state index is -0.461. The zero-order valence-electron chi connectivity index (χ0n) is 16.4. The minimum Gasteiger partial charge on any atom is -0.391 e. The van der Waals surface area contributed by atoms with Gasteiger partial charge in [-0.25, -0.2) is 4.98 Å². The standard InChI is InChI=1S/C21H33N3O2/c1-21(2,3)17-10-13-24(15-18(17)25)20(26)16-8-9-19(22-14-16)23-11-6-4-5-7-12-23/h8-9,14,17-18,25H,4-7,10-13,15H2,1-3H3. The van der Waals surface area contributed by atoms with Gasteiger partial charge in [-0.3, -0.25) is 4.79 Å².